The second-order valence-electron chi connectivity index (χ2n) is 7.55. The van der Waals surface area contributed by atoms with E-state index in [2.05, 4.69) is 0 Å². The maximum atomic E-state index is 14.2. The van der Waals surface area contributed by atoms with Crippen molar-refractivity contribution < 1.29 is 23.5 Å². The van der Waals surface area contributed by atoms with Crippen molar-refractivity contribution in [2.45, 2.75) is 25.9 Å². The number of nitriles is 1. The number of carbonyl (C=O) groups is 2. The fourth-order valence-corrected chi connectivity index (χ4v) is 3.80. The summed E-state index contributed by atoms with van der Waals surface area (Å²) in [4.78, 5) is 26.8. The van der Waals surface area contributed by atoms with Crippen molar-refractivity contribution in [3.63, 3.8) is 0 Å². The van der Waals surface area contributed by atoms with Crippen LogP contribution in [0, 0.1) is 22.6 Å². The number of benzene rings is 1. The third-order valence-corrected chi connectivity index (χ3v) is 5.03. The van der Waals surface area contributed by atoms with Crippen LogP contribution in [0.1, 0.15) is 30.6 Å². The normalized spacial score (nSPS) is 24.3. The number of methoxy groups -OCH3 is 1. The van der Waals surface area contributed by atoms with E-state index in [9.17, 15) is 19.2 Å². The van der Waals surface area contributed by atoms with Crippen LogP contribution in [0.3, 0.4) is 0 Å². The molecule has 1 fully saturated rings. The summed E-state index contributed by atoms with van der Waals surface area (Å²) in [5.74, 6) is -0.954. The topological polar surface area (TPSA) is 79.6 Å². The minimum atomic E-state index is -0.939. The molecule has 0 bridgehead atoms. The van der Waals surface area contributed by atoms with Gasteiger partial charge >= 0.3 is 0 Å². The highest BCUT2D eigenvalue weighted by Gasteiger charge is 2.48. The first-order valence-corrected chi connectivity index (χ1v) is 8.66. The van der Waals surface area contributed by atoms with Crippen molar-refractivity contribution >= 4 is 11.7 Å². The average Bonchev–Trinajstić information content (AvgIpc) is 2.64. The van der Waals surface area contributed by atoms with E-state index in [-0.39, 0.29) is 30.1 Å². The van der Waals surface area contributed by atoms with Crippen LogP contribution in [0.2, 0.25) is 0 Å². The van der Waals surface area contributed by atoms with Crippen molar-refractivity contribution in [2.75, 3.05) is 26.8 Å². The van der Waals surface area contributed by atoms with Crippen molar-refractivity contribution in [2.24, 2.45) is 5.41 Å². The lowest BCUT2D eigenvalue weighted by Crippen LogP contribution is -2.57. The van der Waals surface area contributed by atoms with E-state index >= 15 is 0 Å². The lowest BCUT2D eigenvalue weighted by molar-refractivity contribution is -0.134. The Morgan fingerprint density at radius 3 is 2.81 bits per heavy atom. The van der Waals surface area contributed by atoms with E-state index < -0.39 is 22.7 Å². The lowest BCUT2D eigenvalue weighted by atomic mass is 9.69. The number of nitrogens with zero attached hydrogens (tertiary/aromatic N) is 2. The van der Waals surface area contributed by atoms with Crippen LogP contribution in [-0.4, -0.2) is 49.0 Å². The Balaban J connectivity index is 1.93. The van der Waals surface area contributed by atoms with Crippen molar-refractivity contribution in [3.05, 3.63) is 41.2 Å². The standard InChI is InChI=1S/C20H21FN2O4/c1-19(2)11-20(9-13(10-22)17(19)24)12-23(6-7-27-20)18(25)15-8-14(26-3)4-5-16(15)21/h4-5,8-9H,6-7,11-12H2,1-3H3. The molecule has 1 aliphatic heterocycles. The lowest BCUT2D eigenvalue weighted by Gasteiger charge is -2.46. The first kappa shape index (κ1) is 19.1. The van der Waals surface area contributed by atoms with Crippen LogP contribution in [0.25, 0.3) is 0 Å². The maximum absolute atomic E-state index is 14.2. The van der Waals surface area contributed by atoms with Crippen molar-refractivity contribution in [1.29, 1.82) is 5.26 Å². The molecule has 1 aromatic rings. The molecule has 0 saturated carbocycles. The van der Waals surface area contributed by atoms with Crippen LogP contribution in [-0.2, 0) is 9.53 Å². The number of carbonyl (C=O) groups excluding carboxylic acids is 2. The molecule has 1 aromatic carbocycles. The number of hydrogen-bond acceptors (Lipinski definition) is 5. The minimum Gasteiger partial charge on any atom is -0.497 e. The molecule has 27 heavy (non-hydrogen) atoms. The van der Waals surface area contributed by atoms with Gasteiger partial charge in [0.1, 0.15) is 23.2 Å². The van der Waals surface area contributed by atoms with Crippen molar-refractivity contribution in [1.82, 2.24) is 4.90 Å². The summed E-state index contributed by atoms with van der Waals surface area (Å²) in [6, 6.07) is 5.94. The summed E-state index contributed by atoms with van der Waals surface area (Å²) < 4.78 is 25.2. The predicted molar refractivity (Wildman–Crippen MR) is 94.6 cm³/mol. The van der Waals surface area contributed by atoms with Gasteiger partial charge in [0.15, 0.2) is 5.78 Å². The number of ketones is 1. The number of Topliss-reactive ketones (excluding diaryl/α,β-unsaturated/α-hetero) is 1. The summed E-state index contributed by atoms with van der Waals surface area (Å²) in [6.45, 7) is 4.18. The SMILES string of the molecule is COc1ccc(F)c(C(=O)N2CCOC3(C=C(C#N)C(=O)C(C)(C)C3)C2)c1. The van der Waals surface area contributed by atoms with E-state index in [1.165, 1.54) is 36.3 Å². The minimum absolute atomic E-state index is 0.0353. The Bertz CT molecular complexity index is 871. The van der Waals surface area contributed by atoms with Gasteiger partial charge in [-0.1, -0.05) is 13.8 Å². The van der Waals surface area contributed by atoms with Gasteiger partial charge in [0, 0.05) is 12.0 Å². The van der Waals surface area contributed by atoms with Gasteiger partial charge in [-0.15, -0.1) is 0 Å². The molecule has 142 valence electrons. The fraction of sp³-hybridized carbons (Fsp3) is 0.450. The van der Waals surface area contributed by atoms with E-state index in [1.807, 2.05) is 6.07 Å². The molecule has 7 heteroatoms. The second-order valence-corrected chi connectivity index (χ2v) is 7.55. The van der Waals surface area contributed by atoms with Crippen LogP contribution >= 0.6 is 0 Å². The zero-order chi connectivity index (χ0) is 19.8. The van der Waals surface area contributed by atoms with E-state index in [1.54, 1.807) is 13.8 Å². The first-order valence-electron chi connectivity index (χ1n) is 8.66. The zero-order valence-corrected chi connectivity index (χ0v) is 15.5. The number of rotatable bonds is 2. The second kappa shape index (κ2) is 6.78. The monoisotopic (exact) mass is 372 g/mol. The third-order valence-electron chi connectivity index (χ3n) is 5.03. The highest BCUT2D eigenvalue weighted by atomic mass is 19.1. The van der Waals surface area contributed by atoms with Gasteiger partial charge in [-0.05, 0) is 30.7 Å². The van der Waals surface area contributed by atoms with Crippen molar-refractivity contribution in [3.8, 4) is 11.8 Å². The number of halogens is 1. The fourth-order valence-electron chi connectivity index (χ4n) is 3.80. The summed E-state index contributed by atoms with van der Waals surface area (Å²) in [5.41, 5.74) is -1.77. The van der Waals surface area contributed by atoms with Crippen LogP contribution < -0.4 is 4.74 Å². The zero-order valence-electron chi connectivity index (χ0n) is 15.5. The number of ether oxygens (including phenoxy) is 2. The van der Waals surface area contributed by atoms with Gasteiger partial charge in [0.05, 0.1) is 31.4 Å². The van der Waals surface area contributed by atoms with Crippen LogP contribution in [0.5, 0.6) is 5.75 Å². The number of morpholine rings is 1. The van der Waals surface area contributed by atoms with E-state index in [4.69, 9.17) is 9.47 Å². The van der Waals surface area contributed by atoms with Gasteiger partial charge < -0.3 is 14.4 Å². The summed E-state index contributed by atoms with van der Waals surface area (Å²) in [7, 11) is 1.44. The maximum Gasteiger partial charge on any atom is 0.257 e. The average molecular weight is 372 g/mol. The summed E-state index contributed by atoms with van der Waals surface area (Å²) in [5, 5.41) is 9.32. The Morgan fingerprint density at radius 2 is 2.15 bits per heavy atom. The molecule has 6 nitrogen and oxygen atoms in total. The van der Waals surface area contributed by atoms with Gasteiger partial charge in [0.25, 0.3) is 5.91 Å². The van der Waals surface area contributed by atoms with Gasteiger partial charge in [-0.2, -0.15) is 5.26 Å². The van der Waals surface area contributed by atoms with Crippen LogP contribution in [0.15, 0.2) is 29.8 Å². The molecular formula is C20H21FN2O4. The molecule has 1 amide bonds. The third kappa shape index (κ3) is 3.45. The molecule has 1 spiro atoms. The molecule has 0 radical (unpaired) electrons. The molecule has 1 heterocycles. The van der Waals surface area contributed by atoms with Gasteiger partial charge in [-0.3, -0.25) is 9.59 Å². The van der Waals surface area contributed by atoms with Gasteiger partial charge in [0.2, 0.25) is 0 Å². The highest BCUT2D eigenvalue weighted by molar-refractivity contribution is 6.04. The number of allylic oxidation sites excluding steroid dienone is 1. The molecule has 1 aliphatic carbocycles. The molecule has 1 saturated heterocycles. The Labute approximate surface area is 157 Å². The molecule has 1 unspecified atom stereocenters. The predicted octanol–water partition coefficient (Wildman–Crippen LogP) is 2.49. The largest absolute Gasteiger partial charge is 0.497 e. The molecule has 2 aliphatic rings. The smallest absolute Gasteiger partial charge is 0.257 e. The molecule has 0 aromatic heterocycles. The van der Waals surface area contributed by atoms with E-state index in [0.29, 0.717) is 18.7 Å². The Hall–Kier alpha value is -2.72. The molecule has 1 atom stereocenters. The van der Waals surface area contributed by atoms with Crippen LogP contribution in [0.4, 0.5) is 4.39 Å². The quantitative estimate of drug-likeness (QED) is 0.797. The Morgan fingerprint density at radius 1 is 1.41 bits per heavy atom. The highest BCUT2D eigenvalue weighted by Crippen LogP contribution is 2.41. The Kier molecular flexibility index (Phi) is 4.79. The number of hydrogen-bond donors (Lipinski definition) is 0. The first-order chi connectivity index (χ1) is 12.7. The molecule has 3 rings (SSSR count). The molecular weight excluding hydrogens is 351 g/mol. The number of amides is 1. The summed E-state index contributed by atoms with van der Waals surface area (Å²) in [6.07, 6.45) is 1.86. The van der Waals surface area contributed by atoms with Gasteiger partial charge in [-0.25, -0.2) is 4.39 Å². The summed E-state index contributed by atoms with van der Waals surface area (Å²) >= 11 is 0. The molecule has 0 N–H and O–H groups in total. The van der Waals surface area contributed by atoms with E-state index in [0.717, 1.165) is 0 Å².